The summed E-state index contributed by atoms with van der Waals surface area (Å²) in [5, 5.41) is 4.87. The van der Waals surface area contributed by atoms with Crippen LogP contribution in [0, 0.1) is 0 Å². The molecule has 1 N–H and O–H groups in total. The number of para-hydroxylation sites is 1. The number of anilines is 2. The van der Waals surface area contributed by atoms with E-state index in [1.807, 2.05) is 24.3 Å². The molecule has 3 rings (SSSR count). The summed E-state index contributed by atoms with van der Waals surface area (Å²) in [5.74, 6) is -0.473. The van der Waals surface area contributed by atoms with Crippen LogP contribution in [0.4, 0.5) is 11.4 Å². The van der Waals surface area contributed by atoms with Gasteiger partial charge >= 0.3 is 5.97 Å². The highest BCUT2D eigenvalue weighted by Gasteiger charge is 2.13. The highest BCUT2D eigenvalue weighted by molar-refractivity contribution is 6.31. The molecule has 24 heavy (non-hydrogen) atoms. The number of carbonyl (C=O) groups excluding carboxylic acids is 1. The molecule has 0 bridgehead atoms. The first-order valence-electron chi connectivity index (χ1n) is 7.66. The minimum atomic E-state index is -0.473. The molecule has 122 valence electrons. The molecule has 4 nitrogen and oxygen atoms in total. The lowest BCUT2D eigenvalue weighted by molar-refractivity contribution is 0.0594. The maximum absolute atomic E-state index is 11.9. The summed E-state index contributed by atoms with van der Waals surface area (Å²) >= 11 is 6.13. The number of fused-ring (bicyclic) bond motifs is 1. The van der Waals surface area contributed by atoms with E-state index in [1.165, 1.54) is 12.7 Å². The molecule has 0 aliphatic rings. The lowest BCUT2D eigenvalue weighted by Gasteiger charge is -2.14. The average molecular weight is 341 g/mol. The molecule has 1 aromatic heterocycles. The number of benzene rings is 2. The van der Waals surface area contributed by atoms with Gasteiger partial charge in [-0.1, -0.05) is 36.7 Å². The molecule has 0 unspecified atom stereocenters. The second-order valence-corrected chi connectivity index (χ2v) is 5.78. The second kappa shape index (κ2) is 6.89. The van der Waals surface area contributed by atoms with Crippen molar-refractivity contribution in [2.45, 2.75) is 13.3 Å². The molecule has 0 fully saturated rings. The smallest absolute Gasteiger partial charge is 0.356 e. The third-order valence-electron chi connectivity index (χ3n) is 3.83. The second-order valence-electron chi connectivity index (χ2n) is 5.34. The standard InChI is InChI=1S/C19H17ClN2O2/c1-3-12-6-4-5-7-15(12)21-17-11-18(19(23)24-2)22-16-9-8-13(20)10-14(16)17/h4-11H,3H2,1-2H3,(H,21,22). The van der Waals surface area contributed by atoms with E-state index in [9.17, 15) is 4.79 Å². The maximum Gasteiger partial charge on any atom is 0.356 e. The Hall–Kier alpha value is -2.59. The number of nitrogens with zero attached hydrogens (tertiary/aromatic N) is 1. The molecule has 0 radical (unpaired) electrons. The number of esters is 1. The first kappa shape index (κ1) is 16.3. The van der Waals surface area contributed by atoms with Gasteiger partial charge in [0.15, 0.2) is 5.69 Å². The number of nitrogens with one attached hydrogen (secondary N) is 1. The van der Waals surface area contributed by atoms with E-state index >= 15 is 0 Å². The van der Waals surface area contributed by atoms with E-state index in [0.717, 1.165) is 23.2 Å². The van der Waals surface area contributed by atoms with Crippen LogP contribution >= 0.6 is 11.6 Å². The molecule has 0 atom stereocenters. The van der Waals surface area contributed by atoms with Crippen LogP contribution in [0.1, 0.15) is 23.0 Å². The first-order chi connectivity index (χ1) is 11.6. The molecule has 0 spiro atoms. The molecule has 0 aliphatic heterocycles. The molecule has 0 amide bonds. The Morgan fingerprint density at radius 2 is 1.96 bits per heavy atom. The van der Waals surface area contributed by atoms with Gasteiger partial charge in [0.05, 0.1) is 18.3 Å². The monoisotopic (exact) mass is 340 g/mol. The van der Waals surface area contributed by atoms with Gasteiger partial charge in [-0.15, -0.1) is 0 Å². The summed E-state index contributed by atoms with van der Waals surface area (Å²) in [6.07, 6.45) is 0.900. The number of ether oxygens (including phenoxy) is 1. The first-order valence-corrected chi connectivity index (χ1v) is 8.03. The number of aromatic nitrogens is 1. The zero-order chi connectivity index (χ0) is 17.1. The van der Waals surface area contributed by atoms with Crippen molar-refractivity contribution in [1.29, 1.82) is 0 Å². The van der Waals surface area contributed by atoms with Crippen LogP contribution in [-0.4, -0.2) is 18.1 Å². The summed E-state index contributed by atoms with van der Waals surface area (Å²) in [6, 6.07) is 15.1. The number of halogens is 1. The van der Waals surface area contributed by atoms with E-state index in [4.69, 9.17) is 16.3 Å². The van der Waals surface area contributed by atoms with E-state index < -0.39 is 5.97 Å². The number of rotatable bonds is 4. The minimum Gasteiger partial charge on any atom is -0.464 e. The maximum atomic E-state index is 11.9. The minimum absolute atomic E-state index is 0.254. The summed E-state index contributed by atoms with van der Waals surface area (Å²) in [6.45, 7) is 2.10. The van der Waals surface area contributed by atoms with Crippen molar-refractivity contribution < 1.29 is 9.53 Å². The molecule has 5 heteroatoms. The molecule has 0 aliphatic carbocycles. The van der Waals surface area contributed by atoms with Crippen LogP contribution in [0.3, 0.4) is 0 Å². The molecular weight excluding hydrogens is 324 g/mol. The van der Waals surface area contributed by atoms with Crippen molar-refractivity contribution in [3.8, 4) is 0 Å². The van der Waals surface area contributed by atoms with Crippen LogP contribution in [0.15, 0.2) is 48.5 Å². The Bertz CT molecular complexity index is 909. The van der Waals surface area contributed by atoms with Crippen LogP contribution in [-0.2, 0) is 11.2 Å². The number of aryl methyl sites for hydroxylation is 1. The van der Waals surface area contributed by atoms with Crippen molar-refractivity contribution >= 4 is 39.8 Å². The predicted molar refractivity (Wildman–Crippen MR) is 97.2 cm³/mol. The van der Waals surface area contributed by atoms with E-state index in [-0.39, 0.29) is 5.69 Å². The molecule has 0 saturated carbocycles. The molecule has 0 saturated heterocycles. The third-order valence-corrected chi connectivity index (χ3v) is 4.07. The van der Waals surface area contributed by atoms with Gasteiger partial charge in [0, 0.05) is 16.1 Å². The molecule has 1 heterocycles. The fraction of sp³-hybridized carbons (Fsp3) is 0.158. The third kappa shape index (κ3) is 3.19. The molecule has 3 aromatic rings. The van der Waals surface area contributed by atoms with Crippen molar-refractivity contribution in [2.75, 3.05) is 12.4 Å². The van der Waals surface area contributed by atoms with Gasteiger partial charge in [0.2, 0.25) is 0 Å². The van der Waals surface area contributed by atoms with Gasteiger partial charge < -0.3 is 10.1 Å². The zero-order valence-electron chi connectivity index (χ0n) is 13.5. The number of hydrogen-bond acceptors (Lipinski definition) is 4. The normalized spacial score (nSPS) is 10.6. The van der Waals surface area contributed by atoms with Crippen LogP contribution in [0.25, 0.3) is 10.9 Å². The highest BCUT2D eigenvalue weighted by atomic mass is 35.5. The number of hydrogen-bond donors (Lipinski definition) is 1. The lowest BCUT2D eigenvalue weighted by atomic mass is 10.1. The summed E-state index contributed by atoms with van der Waals surface area (Å²) in [5.41, 5.74) is 3.87. The van der Waals surface area contributed by atoms with Crippen molar-refractivity contribution in [3.63, 3.8) is 0 Å². The SMILES string of the molecule is CCc1ccccc1Nc1cc(C(=O)OC)nc2ccc(Cl)cc12. The summed E-state index contributed by atoms with van der Waals surface area (Å²) in [4.78, 5) is 16.3. The number of pyridine rings is 1. The Balaban J connectivity index is 2.17. The molecule has 2 aromatic carbocycles. The van der Waals surface area contributed by atoms with E-state index in [2.05, 4.69) is 23.3 Å². The van der Waals surface area contributed by atoms with Crippen LogP contribution in [0.5, 0.6) is 0 Å². The Labute approximate surface area is 145 Å². The van der Waals surface area contributed by atoms with Gasteiger partial charge in [-0.25, -0.2) is 9.78 Å². The number of carbonyl (C=O) groups is 1. The van der Waals surface area contributed by atoms with Gasteiger partial charge in [-0.05, 0) is 42.3 Å². The highest BCUT2D eigenvalue weighted by Crippen LogP contribution is 2.30. The summed E-state index contributed by atoms with van der Waals surface area (Å²) < 4.78 is 4.80. The van der Waals surface area contributed by atoms with Gasteiger partial charge in [0.25, 0.3) is 0 Å². The van der Waals surface area contributed by atoms with E-state index in [0.29, 0.717) is 10.5 Å². The lowest BCUT2D eigenvalue weighted by Crippen LogP contribution is -2.06. The number of methoxy groups -OCH3 is 1. The molecular formula is C19H17ClN2O2. The fourth-order valence-electron chi connectivity index (χ4n) is 2.61. The van der Waals surface area contributed by atoms with Gasteiger partial charge in [-0.2, -0.15) is 0 Å². The Kier molecular flexibility index (Phi) is 4.67. The van der Waals surface area contributed by atoms with Crippen LogP contribution < -0.4 is 5.32 Å². The quantitative estimate of drug-likeness (QED) is 0.680. The zero-order valence-corrected chi connectivity index (χ0v) is 14.2. The van der Waals surface area contributed by atoms with Crippen molar-refractivity contribution in [2.24, 2.45) is 0 Å². The van der Waals surface area contributed by atoms with Crippen molar-refractivity contribution in [1.82, 2.24) is 4.98 Å². The van der Waals surface area contributed by atoms with Crippen molar-refractivity contribution in [3.05, 3.63) is 64.8 Å². The topological polar surface area (TPSA) is 51.2 Å². The van der Waals surface area contributed by atoms with Gasteiger partial charge in [-0.3, -0.25) is 0 Å². The summed E-state index contributed by atoms with van der Waals surface area (Å²) in [7, 11) is 1.34. The predicted octanol–water partition coefficient (Wildman–Crippen LogP) is 4.98. The largest absolute Gasteiger partial charge is 0.464 e. The van der Waals surface area contributed by atoms with Crippen LogP contribution in [0.2, 0.25) is 5.02 Å². The Morgan fingerprint density at radius 3 is 2.71 bits per heavy atom. The van der Waals surface area contributed by atoms with Gasteiger partial charge in [0.1, 0.15) is 0 Å². The average Bonchev–Trinajstić information content (AvgIpc) is 2.61. The Morgan fingerprint density at radius 1 is 1.17 bits per heavy atom. The van der Waals surface area contributed by atoms with E-state index in [1.54, 1.807) is 18.2 Å². The fourth-order valence-corrected chi connectivity index (χ4v) is 2.78.